The van der Waals surface area contributed by atoms with Crippen molar-refractivity contribution in [1.82, 2.24) is 0 Å². The van der Waals surface area contributed by atoms with Gasteiger partial charge in [-0.05, 0) is 18.1 Å². The molecule has 0 N–H and O–H groups in total. The van der Waals surface area contributed by atoms with Crippen LogP contribution in [0.5, 0.6) is 23.0 Å². The van der Waals surface area contributed by atoms with Crippen molar-refractivity contribution in [2.24, 2.45) is 0 Å². The van der Waals surface area contributed by atoms with Crippen LogP contribution in [0.4, 0.5) is 0 Å². The fraction of sp³-hybridized carbons (Fsp3) is 0.280. The van der Waals surface area contributed by atoms with Crippen molar-refractivity contribution < 1.29 is 70.0 Å². The van der Waals surface area contributed by atoms with E-state index in [1.807, 2.05) is 42.5 Å². The van der Waals surface area contributed by atoms with Crippen molar-refractivity contribution in [1.29, 1.82) is 0 Å². The first-order chi connectivity index (χ1) is 14.0. The smallest absolute Gasteiger partial charge is 1.00 e. The summed E-state index contributed by atoms with van der Waals surface area (Å²) in [6.07, 6.45) is 0. The fourth-order valence-corrected chi connectivity index (χ4v) is 3.50. The second-order valence-electron chi connectivity index (χ2n) is 7.06. The second kappa shape index (κ2) is 13.8. The minimum absolute atomic E-state index is 0. The zero-order valence-corrected chi connectivity index (χ0v) is 23.1. The molecule has 32 heavy (non-hydrogen) atoms. The van der Waals surface area contributed by atoms with Crippen LogP contribution in [0, 0.1) is 0 Å². The van der Waals surface area contributed by atoms with E-state index in [0.717, 1.165) is 44.5 Å². The van der Waals surface area contributed by atoms with E-state index >= 15 is 0 Å². The molecule has 4 aromatic carbocycles. The van der Waals surface area contributed by atoms with Crippen LogP contribution in [-0.4, -0.2) is 28.4 Å². The maximum absolute atomic E-state index is 5.36. The Morgan fingerprint density at radius 2 is 1.12 bits per heavy atom. The summed E-state index contributed by atoms with van der Waals surface area (Å²) in [5, 5.41) is 4.46. The van der Waals surface area contributed by atoms with E-state index in [9.17, 15) is 0 Å². The van der Waals surface area contributed by atoms with E-state index < -0.39 is 0 Å². The molecule has 4 nitrogen and oxygen atoms in total. The molecule has 0 atom stereocenters. The zero-order chi connectivity index (χ0) is 21.0. The van der Waals surface area contributed by atoms with Gasteiger partial charge in [0.15, 0.2) is 0 Å². The summed E-state index contributed by atoms with van der Waals surface area (Å²) < 4.78 is 21.2. The van der Waals surface area contributed by atoms with E-state index in [4.69, 9.17) is 18.9 Å². The van der Waals surface area contributed by atoms with E-state index in [1.54, 1.807) is 28.4 Å². The minimum Gasteiger partial charge on any atom is -1.00 e. The number of hydrogen-bond acceptors (Lipinski definition) is 4. The Kier molecular flexibility index (Phi) is 13.1. The van der Waals surface area contributed by atoms with E-state index in [0.29, 0.717) is 5.92 Å². The minimum atomic E-state index is 0. The SMILES string of the molecule is COc1ccc(OC)c2[cH-]c(C(C)C)cc12.COc1ccc(OC)c2[cH-]ccc12.[Cl-].[Cl-].[Zr+4]. The van der Waals surface area contributed by atoms with Gasteiger partial charge < -0.3 is 43.8 Å². The largest absolute Gasteiger partial charge is 4.00 e. The number of methoxy groups -OCH3 is 4. The van der Waals surface area contributed by atoms with Gasteiger partial charge in [0, 0.05) is 11.5 Å². The maximum atomic E-state index is 5.36. The molecule has 0 unspecified atom stereocenters. The topological polar surface area (TPSA) is 36.9 Å². The first kappa shape index (κ1) is 30.3. The Morgan fingerprint density at radius 3 is 1.62 bits per heavy atom. The number of rotatable bonds is 5. The molecule has 7 heteroatoms. The van der Waals surface area contributed by atoms with Gasteiger partial charge in [-0.1, -0.05) is 36.8 Å². The molecule has 0 aliphatic rings. The van der Waals surface area contributed by atoms with Gasteiger partial charge in [0.2, 0.25) is 0 Å². The van der Waals surface area contributed by atoms with E-state index in [2.05, 4.69) is 26.0 Å². The molecular weight excluding hydrogens is 526 g/mol. The molecule has 0 bridgehead atoms. The summed E-state index contributed by atoms with van der Waals surface area (Å²) in [7, 11) is 6.75. The summed E-state index contributed by atoms with van der Waals surface area (Å²) >= 11 is 0. The van der Waals surface area contributed by atoms with Crippen molar-refractivity contribution in [2.75, 3.05) is 28.4 Å². The molecule has 0 saturated heterocycles. The van der Waals surface area contributed by atoms with Crippen LogP contribution in [0.25, 0.3) is 21.5 Å². The summed E-state index contributed by atoms with van der Waals surface area (Å²) in [5.74, 6) is 4.11. The number of benzene rings is 2. The van der Waals surface area contributed by atoms with Crippen molar-refractivity contribution in [2.45, 2.75) is 19.8 Å². The van der Waals surface area contributed by atoms with Gasteiger partial charge in [-0.3, -0.25) is 0 Å². The normalized spacial score (nSPS) is 9.72. The Morgan fingerprint density at radius 1 is 0.656 bits per heavy atom. The predicted molar refractivity (Wildman–Crippen MR) is 119 cm³/mol. The van der Waals surface area contributed by atoms with Gasteiger partial charge >= 0.3 is 26.2 Å². The van der Waals surface area contributed by atoms with Gasteiger partial charge in [-0.2, -0.15) is 18.2 Å². The molecule has 170 valence electrons. The van der Waals surface area contributed by atoms with Crippen LogP contribution in [0.1, 0.15) is 25.3 Å². The summed E-state index contributed by atoms with van der Waals surface area (Å²) in [6, 6.07) is 18.1. The van der Waals surface area contributed by atoms with Gasteiger partial charge in [0.25, 0.3) is 0 Å². The van der Waals surface area contributed by atoms with Crippen molar-refractivity contribution >= 4 is 21.5 Å². The third-order valence-corrected chi connectivity index (χ3v) is 5.11. The molecular formula is C25H28Cl2O4Zr. The van der Waals surface area contributed by atoms with Gasteiger partial charge in [0.05, 0.1) is 39.9 Å². The molecule has 0 aliphatic heterocycles. The quantitative estimate of drug-likeness (QED) is 0.333. The molecule has 4 rings (SSSR count). The van der Waals surface area contributed by atoms with Crippen LogP contribution in [0.2, 0.25) is 0 Å². The Balaban J connectivity index is 0.000000558. The van der Waals surface area contributed by atoms with E-state index in [1.165, 1.54) is 5.56 Å². The van der Waals surface area contributed by atoms with Gasteiger partial charge in [-0.15, -0.1) is 28.5 Å². The summed E-state index contributed by atoms with van der Waals surface area (Å²) in [6.45, 7) is 4.38. The molecule has 0 spiro atoms. The Hall–Kier alpha value is -1.68. The average molecular weight is 555 g/mol. The van der Waals surface area contributed by atoms with Crippen molar-refractivity contribution in [3.05, 3.63) is 60.2 Å². The number of fused-ring (bicyclic) bond motifs is 2. The van der Waals surface area contributed by atoms with Crippen LogP contribution in [-0.2, 0) is 26.2 Å². The summed E-state index contributed by atoms with van der Waals surface area (Å²) in [5.41, 5.74) is 1.32. The molecule has 0 fully saturated rings. The number of hydrogen-bond donors (Lipinski definition) is 0. The standard InChI is InChI=1S/C14H17O2.C11H11O2.2ClH.Zr/c1-9(2)10-7-11-12(8-10)14(16-4)6-5-13(11)15-3;1-12-10-6-7-11(13-2)9-5-3-4-8(9)10;;;/h5-9H,1-4H3;3-7H,1-2H3;2*1H;/q2*-1;;;+4/p-2. The average Bonchev–Trinajstić information content (AvgIpc) is 3.40. The molecule has 0 aliphatic carbocycles. The van der Waals surface area contributed by atoms with Gasteiger partial charge in [0.1, 0.15) is 0 Å². The van der Waals surface area contributed by atoms with Gasteiger partial charge in [-0.25, -0.2) is 0 Å². The van der Waals surface area contributed by atoms with Crippen molar-refractivity contribution in [3.63, 3.8) is 0 Å². The molecule has 4 aromatic rings. The second-order valence-corrected chi connectivity index (χ2v) is 7.06. The Labute approximate surface area is 221 Å². The summed E-state index contributed by atoms with van der Waals surface area (Å²) in [4.78, 5) is 0. The molecule has 0 aromatic heterocycles. The van der Waals surface area contributed by atoms with E-state index in [-0.39, 0.29) is 51.0 Å². The number of halogens is 2. The molecule has 0 heterocycles. The monoisotopic (exact) mass is 552 g/mol. The van der Waals surface area contributed by atoms with Crippen LogP contribution < -0.4 is 43.8 Å². The Bertz CT molecular complexity index is 1020. The third-order valence-electron chi connectivity index (χ3n) is 5.11. The number of ether oxygens (including phenoxy) is 4. The molecule has 0 radical (unpaired) electrons. The van der Waals surface area contributed by atoms with Crippen LogP contribution in [0.3, 0.4) is 0 Å². The zero-order valence-electron chi connectivity index (χ0n) is 19.2. The first-order valence-corrected chi connectivity index (χ1v) is 9.61. The molecule has 0 saturated carbocycles. The third kappa shape index (κ3) is 6.22. The van der Waals surface area contributed by atoms with Crippen LogP contribution in [0.15, 0.2) is 54.6 Å². The molecule has 0 amide bonds. The fourth-order valence-electron chi connectivity index (χ4n) is 3.50. The maximum Gasteiger partial charge on any atom is 4.00 e. The van der Waals surface area contributed by atoms with Crippen molar-refractivity contribution in [3.8, 4) is 23.0 Å². The van der Waals surface area contributed by atoms with Crippen LogP contribution >= 0.6 is 0 Å². The predicted octanol–water partition coefficient (Wildman–Crippen LogP) is 0.281. The first-order valence-electron chi connectivity index (χ1n) is 9.61.